The van der Waals surface area contributed by atoms with Crippen molar-refractivity contribution < 1.29 is 9.47 Å². The summed E-state index contributed by atoms with van der Waals surface area (Å²) in [6.07, 6.45) is 0.949. The number of ether oxygens (including phenoxy) is 2. The summed E-state index contributed by atoms with van der Waals surface area (Å²) in [6, 6.07) is 16.5. The van der Waals surface area contributed by atoms with Gasteiger partial charge in [0.2, 0.25) is 0 Å². The molecule has 0 aliphatic rings. The molecule has 0 radical (unpaired) electrons. The van der Waals surface area contributed by atoms with Gasteiger partial charge >= 0.3 is 0 Å². The maximum absolute atomic E-state index is 6.12. The van der Waals surface area contributed by atoms with E-state index in [4.69, 9.17) is 21.1 Å². The van der Waals surface area contributed by atoms with Gasteiger partial charge < -0.3 is 20.1 Å². The van der Waals surface area contributed by atoms with Gasteiger partial charge in [0.1, 0.15) is 12.4 Å². The molecule has 2 aromatic carbocycles. The fraction of sp³-hybridized carbons (Fsp3) is 0.455. The third-order valence-electron chi connectivity index (χ3n) is 4.33. The molecule has 0 spiro atoms. The summed E-state index contributed by atoms with van der Waals surface area (Å²) >= 11 is 6.12. The molecule has 27 heavy (non-hydrogen) atoms. The maximum atomic E-state index is 6.12. The van der Waals surface area contributed by atoms with Crippen molar-refractivity contribution in [2.24, 2.45) is 0 Å². The standard InChI is InChI=1S/C22H31ClN2O2/c1-4-26-22(19-6-5-7-20(23)15-19)16-25-17(2)14-18-8-10-21(11-9-18)27-13-12-24-3/h5-11,15,17,22,24-25H,4,12-14,16H2,1-3H3. The van der Waals surface area contributed by atoms with Crippen molar-refractivity contribution in [2.45, 2.75) is 32.4 Å². The normalized spacial score (nSPS) is 13.3. The Balaban J connectivity index is 1.84. The monoisotopic (exact) mass is 390 g/mol. The largest absolute Gasteiger partial charge is 0.492 e. The fourth-order valence-corrected chi connectivity index (χ4v) is 3.11. The van der Waals surface area contributed by atoms with Gasteiger partial charge in [-0.1, -0.05) is 35.9 Å². The van der Waals surface area contributed by atoms with Crippen LogP contribution in [-0.2, 0) is 11.2 Å². The molecule has 0 aliphatic carbocycles. The lowest BCUT2D eigenvalue weighted by molar-refractivity contribution is 0.0606. The van der Waals surface area contributed by atoms with Crippen LogP contribution in [-0.4, -0.2) is 39.4 Å². The molecule has 0 aromatic heterocycles. The third kappa shape index (κ3) is 7.89. The van der Waals surface area contributed by atoms with Crippen molar-refractivity contribution in [1.29, 1.82) is 0 Å². The van der Waals surface area contributed by atoms with Crippen LogP contribution in [0.5, 0.6) is 5.75 Å². The highest BCUT2D eigenvalue weighted by Crippen LogP contribution is 2.21. The molecule has 0 saturated carbocycles. The van der Waals surface area contributed by atoms with Crippen LogP contribution in [0.4, 0.5) is 0 Å². The Hall–Kier alpha value is -1.59. The molecular weight excluding hydrogens is 360 g/mol. The van der Waals surface area contributed by atoms with Gasteiger partial charge in [-0.15, -0.1) is 0 Å². The highest BCUT2D eigenvalue weighted by Gasteiger charge is 2.13. The number of likely N-dealkylation sites (N-methyl/N-ethyl adjacent to an activating group) is 1. The topological polar surface area (TPSA) is 42.5 Å². The summed E-state index contributed by atoms with van der Waals surface area (Å²) in [5, 5.41) is 7.39. The van der Waals surface area contributed by atoms with Gasteiger partial charge in [-0.25, -0.2) is 0 Å². The molecule has 4 nitrogen and oxygen atoms in total. The van der Waals surface area contributed by atoms with Gasteiger partial charge in [0.15, 0.2) is 0 Å². The Kier molecular flexibility index (Phi) is 9.64. The average molecular weight is 391 g/mol. The lowest BCUT2D eigenvalue weighted by atomic mass is 10.1. The Morgan fingerprint density at radius 3 is 2.56 bits per heavy atom. The molecule has 2 unspecified atom stereocenters. The lowest BCUT2D eigenvalue weighted by Gasteiger charge is -2.21. The first-order chi connectivity index (χ1) is 13.1. The van der Waals surface area contributed by atoms with E-state index in [2.05, 4.69) is 35.8 Å². The smallest absolute Gasteiger partial charge is 0.119 e. The molecule has 2 atom stereocenters. The van der Waals surface area contributed by atoms with Crippen LogP contribution in [0, 0.1) is 0 Å². The highest BCUT2D eigenvalue weighted by atomic mass is 35.5. The maximum Gasteiger partial charge on any atom is 0.119 e. The van der Waals surface area contributed by atoms with Gasteiger partial charge in [-0.3, -0.25) is 0 Å². The van der Waals surface area contributed by atoms with E-state index >= 15 is 0 Å². The van der Waals surface area contributed by atoms with Crippen molar-refractivity contribution in [3.63, 3.8) is 0 Å². The number of hydrogen-bond donors (Lipinski definition) is 2. The molecule has 0 heterocycles. The predicted molar refractivity (Wildman–Crippen MR) is 113 cm³/mol. The van der Waals surface area contributed by atoms with E-state index < -0.39 is 0 Å². The molecular formula is C22H31ClN2O2. The summed E-state index contributed by atoms with van der Waals surface area (Å²) in [5.41, 5.74) is 2.39. The second-order valence-corrected chi connectivity index (χ2v) is 7.04. The van der Waals surface area contributed by atoms with Crippen LogP contribution in [0.2, 0.25) is 5.02 Å². The summed E-state index contributed by atoms with van der Waals surface area (Å²) in [7, 11) is 1.92. The van der Waals surface area contributed by atoms with E-state index in [9.17, 15) is 0 Å². The van der Waals surface area contributed by atoms with Gasteiger partial charge in [0.25, 0.3) is 0 Å². The summed E-state index contributed by atoms with van der Waals surface area (Å²) in [5.74, 6) is 0.909. The second kappa shape index (κ2) is 12.0. The zero-order chi connectivity index (χ0) is 19.5. The minimum absolute atomic E-state index is 0.000832. The molecule has 148 valence electrons. The van der Waals surface area contributed by atoms with Crippen molar-refractivity contribution in [3.8, 4) is 5.75 Å². The Bertz CT molecular complexity index is 664. The van der Waals surface area contributed by atoms with Crippen LogP contribution in [0.1, 0.15) is 31.1 Å². The minimum atomic E-state index is -0.000832. The van der Waals surface area contributed by atoms with E-state index in [1.165, 1.54) is 5.56 Å². The fourth-order valence-electron chi connectivity index (χ4n) is 2.91. The molecule has 2 rings (SSSR count). The van der Waals surface area contributed by atoms with E-state index in [1.54, 1.807) is 0 Å². The Morgan fingerprint density at radius 1 is 1.11 bits per heavy atom. The van der Waals surface area contributed by atoms with Gasteiger partial charge in [-0.2, -0.15) is 0 Å². The molecule has 0 saturated heterocycles. The number of hydrogen-bond acceptors (Lipinski definition) is 4. The van der Waals surface area contributed by atoms with Crippen molar-refractivity contribution in [1.82, 2.24) is 10.6 Å². The first kappa shape index (κ1) is 21.7. The molecule has 0 bridgehead atoms. The molecule has 2 aromatic rings. The molecule has 0 amide bonds. The van der Waals surface area contributed by atoms with E-state index in [0.717, 1.165) is 35.8 Å². The summed E-state index contributed by atoms with van der Waals surface area (Å²) < 4.78 is 11.6. The number of benzene rings is 2. The van der Waals surface area contributed by atoms with Gasteiger partial charge in [0, 0.05) is 30.8 Å². The van der Waals surface area contributed by atoms with Gasteiger partial charge in [-0.05, 0) is 62.7 Å². The van der Waals surface area contributed by atoms with Crippen molar-refractivity contribution >= 4 is 11.6 Å². The van der Waals surface area contributed by atoms with Crippen LogP contribution < -0.4 is 15.4 Å². The summed E-state index contributed by atoms with van der Waals surface area (Å²) in [6.45, 7) is 7.15. The van der Waals surface area contributed by atoms with Crippen molar-refractivity contribution in [3.05, 3.63) is 64.7 Å². The van der Waals surface area contributed by atoms with E-state index in [0.29, 0.717) is 19.3 Å². The summed E-state index contributed by atoms with van der Waals surface area (Å²) in [4.78, 5) is 0. The first-order valence-electron chi connectivity index (χ1n) is 9.59. The quantitative estimate of drug-likeness (QED) is 0.532. The zero-order valence-corrected chi connectivity index (χ0v) is 17.3. The molecule has 5 heteroatoms. The third-order valence-corrected chi connectivity index (χ3v) is 4.56. The number of rotatable bonds is 12. The van der Waals surface area contributed by atoms with Gasteiger partial charge in [0.05, 0.1) is 6.10 Å². The lowest BCUT2D eigenvalue weighted by Crippen LogP contribution is -2.33. The zero-order valence-electron chi connectivity index (χ0n) is 16.5. The number of nitrogens with one attached hydrogen (secondary N) is 2. The van der Waals surface area contributed by atoms with Crippen LogP contribution in [0.3, 0.4) is 0 Å². The Labute approximate surface area is 168 Å². The average Bonchev–Trinajstić information content (AvgIpc) is 2.67. The number of halogens is 1. The van der Waals surface area contributed by atoms with Crippen molar-refractivity contribution in [2.75, 3.05) is 33.4 Å². The van der Waals surface area contributed by atoms with E-state index in [1.807, 2.05) is 44.3 Å². The minimum Gasteiger partial charge on any atom is -0.492 e. The van der Waals surface area contributed by atoms with Crippen LogP contribution >= 0.6 is 11.6 Å². The van der Waals surface area contributed by atoms with Crippen LogP contribution in [0.15, 0.2) is 48.5 Å². The first-order valence-corrected chi connectivity index (χ1v) is 9.97. The molecule has 0 aliphatic heterocycles. The highest BCUT2D eigenvalue weighted by molar-refractivity contribution is 6.30. The predicted octanol–water partition coefficient (Wildman–Crippen LogP) is 4.24. The Morgan fingerprint density at radius 2 is 1.89 bits per heavy atom. The molecule has 0 fully saturated rings. The molecule has 2 N–H and O–H groups in total. The second-order valence-electron chi connectivity index (χ2n) is 6.61. The van der Waals surface area contributed by atoms with E-state index in [-0.39, 0.29) is 6.10 Å². The SMILES string of the molecule is CCOC(CNC(C)Cc1ccc(OCCNC)cc1)c1cccc(Cl)c1. The van der Waals surface area contributed by atoms with Crippen LogP contribution in [0.25, 0.3) is 0 Å².